The highest BCUT2D eigenvalue weighted by atomic mass is 16.6. The zero-order valence-electron chi connectivity index (χ0n) is 11.3. The van der Waals surface area contributed by atoms with Crippen molar-refractivity contribution in [3.05, 3.63) is 0 Å². The Bertz CT molecular complexity index is 323. The van der Waals surface area contributed by atoms with E-state index in [1.54, 1.807) is 27.8 Å². The zero-order valence-corrected chi connectivity index (χ0v) is 11.3. The lowest BCUT2D eigenvalue weighted by Crippen LogP contribution is -2.46. The summed E-state index contributed by atoms with van der Waals surface area (Å²) in [5.74, 6) is -0.989. The first kappa shape index (κ1) is 14.8. The predicted molar refractivity (Wildman–Crippen MR) is 64.4 cm³/mol. The molecule has 0 aromatic heterocycles. The molecular formula is C12H21NO5. The van der Waals surface area contributed by atoms with Crippen LogP contribution in [0.5, 0.6) is 0 Å². The van der Waals surface area contributed by atoms with Gasteiger partial charge in [0, 0.05) is 26.1 Å². The SMILES string of the molecule is CN(C(=O)OC(C)(C)C)C1CCOC(C(=O)O)C1. The van der Waals surface area contributed by atoms with Crippen LogP contribution in [0.3, 0.4) is 0 Å². The van der Waals surface area contributed by atoms with E-state index in [9.17, 15) is 9.59 Å². The maximum absolute atomic E-state index is 11.8. The fraction of sp³-hybridized carbons (Fsp3) is 0.833. The first-order valence-electron chi connectivity index (χ1n) is 6.01. The largest absolute Gasteiger partial charge is 0.479 e. The normalized spacial score (nSPS) is 24.4. The fourth-order valence-corrected chi connectivity index (χ4v) is 1.79. The summed E-state index contributed by atoms with van der Waals surface area (Å²) >= 11 is 0. The molecule has 6 nitrogen and oxygen atoms in total. The molecule has 0 saturated carbocycles. The molecule has 2 atom stereocenters. The highest BCUT2D eigenvalue weighted by Gasteiger charge is 2.33. The molecule has 1 aliphatic rings. The molecule has 0 radical (unpaired) electrons. The summed E-state index contributed by atoms with van der Waals surface area (Å²) < 4.78 is 10.4. The lowest BCUT2D eigenvalue weighted by Gasteiger charge is -2.34. The van der Waals surface area contributed by atoms with Crippen molar-refractivity contribution in [1.29, 1.82) is 0 Å². The molecular weight excluding hydrogens is 238 g/mol. The molecule has 0 spiro atoms. The highest BCUT2D eigenvalue weighted by molar-refractivity contribution is 5.73. The van der Waals surface area contributed by atoms with Crippen molar-refractivity contribution >= 4 is 12.1 Å². The third-order valence-electron chi connectivity index (χ3n) is 2.76. The van der Waals surface area contributed by atoms with Gasteiger partial charge in [0.2, 0.25) is 0 Å². The standard InChI is InChI=1S/C12H21NO5/c1-12(2,3)18-11(16)13(4)8-5-6-17-9(7-8)10(14)15/h8-9H,5-7H2,1-4H3,(H,14,15). The number of aliphatic carboxylic acids is 1. The molecule has 0 bridgehead atoms. The summed E-state index contributed by atoms with van der Waals surface area (Å²) in [6, 6.07) is -0.158. The molecule has 0 aromatic carbocycles. The Balaban J connectivity index is 2.58. The van der Waals surface area contributed by atoms with E-state index in [0.717, 1.165) is 0 Å². The molecule has 1 aliphatic heterocycles. The number of amides is 1. The minimum atomic E-state index is -0.989. The number of ether oxygens (including phenoxy) is 2. The van der Waals surface area contributed by atoms with Crippen molar-refractivity contribution in [1.82, 2.24) is 4.90 Å². The predicted octanol–water partition coefficient (Wildman–Crippen LogP) is 1.49. The summed E-state index contributed by atoms with van der Waals surface area (Å²) in [6.45, 7) is 5.73. The highest BCUT2D eigenvalue weighted by Crippen LogP contribution is 2.20. The minimum absolute atomic E-state index is 0.158. The molecule has 1 rings (SSSR count). The summed E-state index contributed by atoms with van der Waals surface area (Å²) in [7, 11) is 1.63. The lowest BCUT2D eigenvalue weighted by molar-refractivity contribution is -0.155. The van der Waals surface area contributed by atoms with Gasteiger partial charge in [-0.25, -0.2) is 9.59 Å². The second-order valence-corrected chi connectivity index (χ2v) is 5.47. The van der Waals surface area contributed by atoms with Crippen LogP contribution in [0.1, 0.15) is 33.6 Å². The van der Waals surface area contributed by atoms with E-state index < -0.39 is 23.8 Å². The van der Waals surface area contributed by atoms with Gasteiger partial charge >= 0.3 is 12.1 Å². The van der Waals surface area contributed by atoms with Gasteiger partial charge < -0.3 is 19.5 Å². The molecule has 104 valence electrons. The molecule has 18 heavy (non-hydrogen) atoms. The van der Waals surface area contributed by atoms with Crippen molar-refractivity contribution in [3.8, 4) is 0 Å². The summed E-state index contributed by atoms with van der Waals surface area (Å²) in [4.78, 5) is 24.2. The Kier molecular flexibility index (Phi) is 4.56. The number of nitrogens with zero attached hydrogens (tertiary/aromatic N) is 1. The number of carbonyl (C=O) groups excluding carboxylic acids is 1. The van der Waals surface area contributed by atoms with Crippen LogP contribution in [0.4, 0.5) is 4.79 Å². The van der Waals surface area contributed by atoms with Crippen molar-refractivity contribution in [2.75, 3.05) is 13.7 Å². The molecule has 1 saturated heterocycles. The van der Waals surface area contributed by atoms with Gasteiger partial charge in [0.25, 0.3) is 0 Å². The third-order valence-corrected chi connectivity index (χ3v) is 2.76. The quantitative estimate of drug-likeness (QED) is 0.813. The van der Waals surface area contributed by atoms with Gasteiger partial charge in [-0.1, -0.05) is 0 Å². The Hall–Kier alpha value is -1.30. The second-order valence-electron chi connectivity index (χ2n) is 5.47. The first-order valence-corrected chi connectivity index (χ1v) is 6.01. The van der Waals surface area contributed by atoms with Crippen LogP contribution in [0.15, 0.2) is 0 Å². The van der Waals surface area contributed by atoms with Gasteiger partial charge in [-0.15, -0.1) is 0 Å². The van der Waals surface area contributed by atoms with E-state index in [2.05, 4.69) is 0 Å². The molecule has 1 fully saturated rings. The number of hydrogen-bond acceptors (Lipinski definition) is 4. The van der Waals surface area contributed by atoms with Crippen LogP contribution in [0.25, 0.3) is 0 Å². The molecule has 1 heterocycles. The van der Waals surface area contributed by atoms with Crippen LogP contribution in [0, 0.1) is 0 Å². The Morgan fingerprint density at radius 2 is 2.00 bits per heavy atom. The number of carboxylic acids is 1. The zero-order chi connectivity index (χ0) is 13.9. The molecule has 0 aliphatic carbocycles. The smallest absolute Gasteiger partial charge is 0.410 e. The molecule has 0 aromatic rings. The van der Waals surface area contributed by atoms with Crippen LogP contribution in [-0.2, 0) is 14.3 Å². The lowest BCUT2D eigenvalue weighted by atomic mass is 10.0. The molecule has 6 heteroatoms. The van der Waals surface area contributed by atoms with E-state index in [4.69, 9.17) is 14.6 Å². The molecule has 1 amide bonds. The first-order chi connectivity index (χ1) is 8.20. The Morgan fingerprint density at radius 3 is 2.50 bits per heavy atom. The van der Waals surface area contributed by atoms with Crippen LogP contribution in [0.2, 0.25) is 0 Å². The number of carboxylic acid groups (broad SMARTS) is 1. The van der Waals surface area contributed by atoms with Gasteiger partial charge in [-0.05, 0) is 27.2 Å². The average molecular weight is 259 g/mol. The number of hydrogen-bond donors (Lipinski definition) is 1. The van der Waals surface area contributed by atoms with E-state index in [-0.39, 0.29) is 6.04 Å². The monoisotopic (exact) mass is 259 g/mol. The summed E-state index contributed by atoms with van der Waals surface area (Å²) in [5, 5.41) is 8.90. The molecule has 2 unspecified atom stereocenters. The van der Waals surface area contributed by atoms with Crippen molar-refractivity contribution in [2.45, 2.75) is 51.4 Å². The van der Waals surface area contributed by atoms with E-state index in [0.29, 0.717) is 19.4 Å². The summed E-state index contributed by atoms with van der Waals surface area (Å²) in [5.41, 5.74) is -0.553. The van der Waals surface area contributed by atoms with Crippen molar-refractivity contribution < 1.29 is 24.2 Å². The maximum atomic E-state index is 11.8. The summed E-state index contributed by atoms with van der Waals surface area (Å²) in [6.07, 6.45) is -0.350. The third kappa shape index (κ3) is 4.18. The van der Waals surface area contributed by atoms with Crippen LogP contribution >= 0.6 is 0 Å². The topological polar surface area (TPSA) is 76.1 Å². The van der Waals surface area contributed by atoms with Gasteiger partial charge in [0.05, 0.1) is 0 Å². The van der Waals surface area contributed by atoms with Crippen LogP contribution in [-0.4, -0.2) is 53.5 Å². The fourth-order valence-electron chi connectivity index (χ4n) is 1.79. The van der Waals surface area contributed by atoms with Gasteiger partial charge in [-0.3, -0.25) is 0 Å². The second kappa shape index (κ2) is 5.56. The molecule has 1 N–H and O–H groups in total. The minimum Gasteiger partial charge on any atom is -0.479 e. The number of rotatable bonds is 2. The van der Waals surface area contributed by atoms with E-state index >= 15 is 0 Å². The Labute approximate surface area is 107 Å². The number of carbonyl (C=O) groups is 2. The van der Waals surface area contributed by atoms with E-state index in [1.807, 2.05) is 0 Å². The van der Waals surface area contributed by atoms with Gasteiger partial charge in [-0.2, -0.15) is 0 Å². The average Bonchev–Trinajstić information content (AvgIpc) is 2.26. The Morgan fingerprint density at radius 1 is 1.39 bits per heavy atom. The maximum Gasteiger partial charge on any atom is 0.410 e. The van der Waals surface area contributed by atoms with Crippen molar-refractivity contribution in [3.63, 3.8) is 0 Å². The van der Waals surface area contributed by atoms with Gasteiger partial charge in [0.1, 0.15) is 5.60 Å². The van der Waals surface area contributed by atoms with Gasteiger partial charge in [0.15, 0.2) is 6.10 Å². The van der Waals surface area contributed by atoms with Crippen LogP contribution < -0.4 is 0 Å². The van der Waals surface area contributed by atoms with E-state index in [1.165, 1.54) is 4.90 Å². The van der Waals surface area contributed by atoms with Crippen molar-refractivity contribution in [2.24, 2.45) is 0 Å².